The monoisotopic (exact) mass is 196 g/mol. The molecule has 0 bridgehead atoms. The van der Waals surface area contributed by atoms with Crippen LogP contribution in [0.25, 0.3) is 0 Å². The van der Waals surface area contributed by atoms with Crippen LogP contribution in [0.15, 0.2) is 18.2 Å². The van der Waals surface area contributed by atoms with Gasteiger partial charge in [-0.15, -0.1) is 0 Å². The lowest BCUT2D eigenvalue weighted by Crippen LogP contribution is -2.32. The van der Waals surface area contributed by atoms with Crippen molar-refractivity contribution in [3.8, 4) is 0 Å². The van der Waals surface area contributed by atoms with Crippen molar-refractivity contribution >= 4 is 0 Å². The molecule has 78 valence electrons. The summed E-state index contributed by atoms with van der Waals surface area (Å²) in [5, 5.41) is 3.22. The minimum absolute atomic E-state index is 0.187. The number of benzene rings is 1. The molecule has 1 rings (SSSR count). The maximum absolute atomic E-state index is 12.9. The highest BCUT2D eigenvalue weighted by molar-refractivity contribution is 5.26. The highest BCUT2D eigenvalue weighted by Crippen LogP contribution is 2.09. The van der Waals surface area contributed by atoms with Crippen molar-refractivity contribution in [2.75, 3.05) is 6.54 Å². The summed E-state index contributed by atoms with van der Waals surface area (Å²) in [7, 11) is 0. The summed E-state index contributed by atoms with van der Waals surface area (Å²) < 4.78 is 12.9. The van der Waals surface area contributed by atoms with Gasteiger partial charge < -0.3 is 11.1 Å². The fraction of sp³-hybridized carbons (Fsp3) is 0.455. The van der Waals surface area contributed by atoms with Crippen molar-refractivity contribution in [2.24, 2.45) is 5.73 Å². The van der Waals surface area contributed by atoms with Crippen molar-refractivity contribution in [1.29, 1.82) is 0 Å². The molecule has 1 aromatic carbocycles. The SMILES string of the molecule is Cc1ccc(F)cc1CN[C@@H](C)CN. The summed E-state index contributed by atoms with van der Waals surface area (Å²) >= 11 is 0. The molecule has 3 heteroatoms. The molecule has 1 atom stereocenters. The topological polar surface area (TPSA) is 38.0 Å². The summed E-state index contributed by atoms with van der Waals surface area (Å²) in [4.78, 5) is 0. The van der Waals surface area contributed by atoms with E-state index in [1.807, 2.05) is 13.8 Å². The van der Waals surface area contributed by atoms with Crippen molar-refractivity contribution in [1.82, 2.24) is 5.32 Å². The van der Waals surface area contributed by atoms with Gasteiger partial charge in [0.2, 0.25) is 0 Å². The Kier molecular flexibility index (Phi) is 4.04. The van der Waals surface area contributed by atoms with Gasteiger partial charge >= 0.3 is 0 Å². The number of rotatable bonds is 4. The fourth-order valence-corrected chi connectivity index (χ4v) is 1.20. The van der Waals surface area contributed by atoms with Crippen LogP contribution in [0.2, 0.25) is 0 Å². The van der Waals surface area contributed by atoms with E-state index >= 15 is 0 Å². The van der Waals surface area contributed by atoms with Gasteiger partial charge in [-0.1, -0.05) is 6.07 Å². The van der Waals surface area contributed by atoms with Crippen LogP contribution in [0.5, 0.6) is 0 Å². The highest BCUT2D eigenvalue weighted by Gasteiger charge is 2.02. The molecule has 0 saturated heterocycles. The molecule has 0 heterocycles. The van der Waals surface area contributed by atoms with Crippen LogP contribution in [0.3, 0.4) is 0 Å². The fourth-order valence-electron chi connectivity index (χ4n) is 1.20. The summed E-state index contributed by atoms with van der Waals surface area (Å²) in [5.74, 6) is -0.187. The second-order valence-electron chi connectivity index (χ2n) is 3.59. The third kappa shape index (κ3) is 3.09. The Morgan fingerprint density at radius 2 is 2.21 bits per heavy atom. The molecule has 0 radical (unpaired) electrons. The van der Waals surface area contributed by atoms with Crippen LogP contribution < -0.4 is 11.1 Å². The van der Waals surface area contributed by atoms with Crippen LogP contribution in [0.1, 0.15) is 18.1 Å². The molecule has 0 unspecified atom stereocenters. The molecule has 0 aliphatic rings. The van der Waals surface area contributed by atoms with Crippen molar-refractivity contribution in [3.63, 3.8) is 0 Å². The van der Waals surface area contributed by atoms with E-state index in [0.717, 1.165) is 11.1 Å². The predicted molar refractivity (Wildman–Crippen MR) is 56.5 cm³/mol. The summed E-state index contributed by atoms with van der Waals surface area (Å²) in [5.41, 5.74) is 7.56. The minimum atomic E-state index is -0.187. The normalized spacial score (nSPS) is 12.9. The number of aryl methyl sites for hydroxylation is 1. The van der Waals surface area contributed by atoms with E-state index in [9.17, 15) is 4.39 Å². The van der Waals surface area contributed by atoms with Gasteiger partial charge in [-0.05, 0) is 37.1 Å². The van der Waals surface area contributed by atoms with Gasteiger partial charge in [0.1, 0.15) is 5.82 Å². The first-order valence-electron chi connectivity index (χ1n) is 4.82. The first-order valence-corrected chi connectivity index (χ1v) is 4.82. The van der Waals surface area contributed by atoms with E-state index in [0.29, 0.717) is 13.1 Å². The van der Waals surface area contributed by atoms with Crippen molar-refractivity contribution < 1.29 is 4.39 Å². The quantitative estimate of drug-likeness (QED) is 0.767. The molecule has 0 aromatic heterocycles. The van der Waals surface area contributed by atoms with Gasteiger partial charge in [0.15, 0.2) is 0 Å². The Bertz CT molecular complexity index is 299. The van der Waals surface area contributed by atoms with Crippen molar-refractivity contribution in [2.45, 2.75) is 26.4 Å². The Labute approximate surface area is 84.3 Å². The molecule has 0 aliphatic carbocycles. The Balaban J connectivity index is 2.62. The summed E-state index contributed by atoms with van der Waals surface area (Å²) in [6.07, 6.45) is 0. The van der Waals surface area contributed by atoms with Crippen molar-refractivity contribution in [3.05, 3.63) is 35.1 Å². The lowest BCUT2D eigenvalue weighted by Gasteiger charge is -2.12. The Morgan fingerprint density at radius 1 is 1.50 bits per heavy atom. The molecule has 1 aromatic rings. The number of hydrogen-bond donors (Lipinski definition) is 2. The second kappa shape index (κ2) is 5.08. The van der Waals surface area contributed by atoms with Gasteiger partial charge in [-0.2, -0.15) is 0 Å². The minimum Gasteiger partial charge on any atom is -0.329 e. The summed E-state index contributed by atoms with van der Waals surface area (Å²) in [6.45, 7) is 5.24. The molecule has 0 aliphatic heterocycles. The number of hydrogen-bond acceptors (Lipinski definition) is 2. The van der Waals surface area contributed by atoms with Crippen LogP contribution in [0.4, 0.5) is 4.39 Å². The third-order valence-corrected chi connectivity index (χ3v) is 2.31. The highest BCUT2D eigenvalue weighted by atomic mass is 19.1. The van der Waals surface area contributed by atoms with Gasteiger partial charge in [0.05, 0.1) is 0 Å². The molecule has 0 spiro atoms. The molecule has 0 fully saturated rings. The lowest BCUT2D eigenvalue weighted by atomic mass is 10.1. The molecule has 14 heavy (non-hydrogen) atoms. The largest absolute Gasteiger partial charge is 0.329 e. The maximum atomic E-state index is 12.9. The average Bonchev–Trinajstić information content (AvgIpc) is 2.19. The number of nitrogens with one attached hydrogen (secondary N) is 1. The summed E-state index contributed by atoms with van der Waals surface area (Å²) in [6, 6.07) is 5.09. The van der Waals surface area contributed by atoms with Crippen LogP contribution in [0, 0.1) is 12.7 Å². The molecule has 2 nitrogen and oxygen atoms in total. The van der Waals surface area contributed by atoms with Gasteiger partial charge in [0.25, 0.3) is 0 Å². The number of nitrogens with two attached hydrogens (primary N) is 1. The molecule has 0 saturated carbocycles. The first-order chi connectivity index (χ1) is 6.63. The smallest absolute Gasteiger partial charge is 0.123 e. The lowest BCUT2D eigenvalue weighted by molar-refractivity contribution is 0.551. The van der Waals surface area contributed by atoms with Gasteiger partial charge in [-0.3, -0.25) is 0 Å². The maximum Gasteiger partial charge on any atom is 0.123 e. The van der Waals surface area contributed by atoms with Crippen LogP contribution >= 0.6 is 0 Å². The second-order valence-corrected chi connectivity index (χ2v) is 3.59. The molecule has 0 amide bonds. The van der Waals surface area contributed by atoms with Gasteiger partial charge in [0, 0.05) is 19.1 Å². The van der Waals surface area contributed by atoms with Crippen LogP contribution in [-0.2, 0) is 6.54 Å². The standard InChI is InChI=1S/C11H17FN2/c1-8-3-4-11(12)5-10(8)7-14-9(2)6-13/h3-5,9,14H,6-7,13H2,1-2H3/t9-/m0/s1. The predicted octanol–water partition coefficient (Wildman–Crippen LogP) is 1.57. The molecular formula is C11H17FN2. The molecular weight excluding hydrogens is 179 g/mol. The zero-order chi connectivity index (χ0) is 10.6. The van der Waals surface area contributed by atoms with E-state index in [1.165, 1.54) is 6.07 Å². The van der Waals surface area contributed by atoms with E-state index in [1.54, 1.807) is 12.1 Å². The van der Waals surface area contributed by atoms with E-state index in [-0.39, 0.29) is 11.9 Å². The number of halogens is 1. The van der Waals surface area contributed by atoms with Crippen LogP contribution in [-0.4, -0.2) is 12.6 Å². The van der Waals surface area contributed by atoms with E-state index < -0.39 is 0 Å². The van der Waals surface area contributed by atoms with E-state index in [2.05, 4.69) is 5.32 Å². The Morgan fingerprint density at radius 3 is 2.86 bits per heavy atom. The van der Waals surface area contributed by atoms with Gasteiger partial charge in [-0.25, -0.2) is 4.39 Å². The first kappa shape index (κ1) is 11.1. The Hall–Kier alpha value is -0.930. The average molecular weight is 196 g/mol. The molecule has 3 N–H and O–H groups in total. The zero-order valence-electron chi connectivity index (χ0n) is 8.68. The third-order valence-electron chi connectivity index (χ3n) is 2.31. The van der Waals surface area contributed by atoms with E-state index in [4.69, 9.17) is 5.73 Å². The zero-order valence-corrected chi connectivity index (χ0v) is 8.68.